The molecule has 0 aliphatic carbocycles. The number of aliphatic hydroxyl groups excluding tert-OH is 11. The Kier molecular flexibility index (Phi) is 63.9. The van der Waals surface area contributed by atoms with Crippen LogP contribution in [0, 0.1) is 0 Å². The van der Waals surface area contributed by atoms with E-state index in [1.807, 2.05) is 6.08 Å². The van der Waals surface area contributed by atoms with Gasteiger partial charge in [0.25, 0.3) is 0 Å². The zero-order valence-electron chi connectivity index (χ0n) is 68.3. The monoisotopic (exact) mass is 1540 g/mol. The topological polar surface area (TPSA) is 307 Å². The highest BCUT2D eigenvalue weighted by molar-refractivity contribution is 5.76. The molecular weight excluding hydrogens is 1370 g/mol. The first-order chi connectivity index (χ1) is 52.8. The number of carbonyl (C=O) groups is 1. The molecule has 0 aromatic carbocycles. The Labute approximate surface area is 656 Å². The van der Waals surface area contributed by atoms with Crippen molar-refractivity contribution >= 4 is 5.91 Å². The average Bonchev–Trinajstić information content (AvgIpc) is 0.779. The van der Waals surface area contributed by atoms with Crippen molar-refractivity contribution in [1.29, 1.82) is 0 Å². The van der Waals surface area contributed by atoms with Crippen LogP contribution in [0.3, 0.4) is 0 Å². The molecule has 0 spiro atoms. The Bertz CT molecular complexity index is 2130. The summed E-state index contributed by atoms with van der Waals surface area (Å²) < 4.78 is 34.5. The number of carbonyl (C=O) groups excluding carboxylic acids is 1. The van der Waals surface area contributed by atoms with Gasteiger partial charge < -0.3 is 89.9 Å². The fourth-order valence-electron chi connectivity index (χ4n) is 15.2. The standard InChI is InChI=1S/C89H165NO18/c1-3-5-7-9-11-13-15-17-19-21-23-25-27-29-31-32-33-34-35-36-37-38-39-40-41-43-45-47-49-51-53-55-57-59-61-63-65-67-77(95)90-72(73(94)66-64-62-60-58-56-54-52-50-48-46-44-42-30-28-26-24-22-20-18-16-14-12-10-8-6-4-2)71-103-87-83(101)80(98)85(75(69-92)105-87)108-89-84(102)81(99)86(76(70-93)106-89)107-88-82(100)79(97)78(96)74(68-91)104-88/h21,23,48,50,56,58,64,66,72-76,78-89,91-94,96-102H,3-20,22,24-47,49,51-55,57,59-63,65,67-71H2,1-2H3,(H,90,95)/b23-21-,50-48+,58-56+,66-64+. The van der Waals surface area contributed by atoms with Crippen molar-refractivity contribution in [3.05, 3.63) is 48.6 Å². The van der Waals surface area contributed by atoms with Crippen molar-refractivity contribution in [2.24, 2.45) is 0 Å². The Balaban J connectivity index is 1.33. The number of unbranched alkanes of at least 4 members (excludes halogenated alkanes) is 51. The predicted molar refractivity (Wildman–Crippen MR) is 434 cm³/mol. The Morgan fingerprint density at radius 3 is 0.926 bits per heavy atom. The Morgan fingerprint density at radius 2 is 0.593 bits per heavy atom. The average molecular weight is 1540 g/mol. The van der Waals surface area contributed by atoms with Crippen molar-refractivity contribution in [3.63, 3.8) is 0 Å². The first-order valence-corrected chi connectivity index (χ1v) is 44.9. The summed E-state index contributed by atoms with van der Waals surface area (Å²) in [6, 6.07) is -0.998. The highest BCUT2D eigenvalue weighted by Crippen LogP contribution is 2.34. The molecule has 3 heterocycles. The normalized spacial score (nSPS) is 25.6. The molecule has 0 aromatic heterocycles. The molecule has 3 aliphatic heterocycles. The van der Waals surface area contributed by atoms with Crippen LogP contribution in [0.25, 0.3) is 0 Å². The summed E-state index contributed by atoms with van der Waals surface area (Å²) in [4.78, 5) is 13.5. The van der Waals surface area contributed by atoms with Gasteiger partial charge in [-0.1, -0.05) is 351 Å². The Hall–Kier alpha value is -2.25. The smallest absolute Gasteiger partial charge is 0.220 e. The lowest BCUT2D eigenvalue weighted by Gasteiger charge is -2.48. The Morgan fingerprint density at radius 1 is 0.324 bits per heavy atom. The van der Waals surface area contributed by atoms with Gasteiger partial charge in [0.15, 0.2) is 18.9 Å². The van der Waals surface area contributed by atoms with Crippen LogP contribution in [0.5, 0.6) is 0 Å². The van der Waals surface area contributed by atoms with Crippen molar-refractivity contribution < 1.29 is 89.4 Å². The number of rotatable bonds is 73. The molecule has 0 saturated carbocycles. The molecule has 3 rings (SSSR count). The molecule has 634 valence electrons. The fraction of sp³-hybridized carbons (Fsp3) is 0.899. The lowest BCUT2D eigenvalue weighted by Crippen LogP contribution is -2.66. The highest BCUT2D eigenvalue weighted by atomic mass is 16.8. The van der Waals surface area contributed by atoms with Crippen LogP contribution in [0.1, 0.15) is 380 Å². The summed E-state index contributed by atoms with van der Waals surface area (Å²) in [7, 11) is 0. The van der Waals surface area contributed by atoms with Crippen LogP contribution in [0.4, 0.5) is 0 Å². The van der Waals surface area contributed by atoms with E-state index in [1.165, 1.54) is 302 Å². The zero-order chi connectivity index (χ0) is 78.1. The molecule has 3 fully saturated rings. The van der Waals surface area contributed by atoms with Crippen LogP contribution in [0.15, 0.2) is 48.6 Å². The lowest BCUT2D eigenvalue weighted by molar-refractivity contribution is -0.379. The van der Waals surface area contributed by atoms with E-state index in [0.717, 1.165) is 44.9 Å². The van der Waals surface area contributed by atoms with Gasteiger partial charge in [0.05, 0.1) is 38.6 Å². The molecule has 17 unspecified atom stereocenters. The van der Waals surface area contributed by atoms with E-state index in [9.17, 15) is 61.0 Å². The van der Waals surface area contributed by atoms with Crippen LogP contribution < -0.4 is 5.32 Å². The van der Waals surface area contributed by atoms with Crippen LogP contribution in [-0.2, 0) is 33.2 Å². The van der Waals surface area contributed by atoms with E-state index in [1.54, 1.807) is 6.08 Å². The first-order valence-electron chi connectivity index (χ1n) is 44.9. The van der Waals surface area contributed by atoms with Crippen LogP contribution in [0.2, 0.25) is 0 Å². The third-order valence-corrected chi connectivity index (χ3v) is 22.3. The second kappa shape index (κ2) is 69.1. The van der Waals surface area contributed by atoms with E-state index in [-0.39, 0.29) is 18.9 Å². The summed E-state index contributed by atoms with van der Waals surface area (Å²) in [5, 5.41) is 121. The molecule has 0 radical (unpaired) electrons. The number of aliphatic hydroxyl groups is 11. The maximum atomic E-state index is 13.5. The van der Waals surface area contributed by atoms with Gasteiger partial charge >= 0.3 is 0 Å². The quantitative estimate of drug-likeness (QED) is 0.0199. The van der Waals surface area contributed by atoms with E-state index >= 15 is 0 Å². The van der Waals surface area contributed by atoms with Crippen molar-refractivity contribution in [2.45, 2.75) is 484 Å². The van der Waals surface area contributed by atoms with E-state index in [0.29, 0.717) is 12.8 Å². The molecule has 0 aromatic rings. The van der Waals surface area contributed by atoms with Gasteiger partial charge in [-0.25, -0.2) is 0 Å². The lowest BCUT2D eigenvalue weighted by atomic mass is 9.96. The summed E-state index contributed by atoms with van der Waals surface area (Å²) in [6.07, 6.45) is 62.8. The maximum absolute atomic E-state index is 13.5. The minimum Gasteiger partial charge on any atom is -0.394 e. The molecule has 19 nitrogen and oxygen atoms in total. The molecule has 3 saturated heterocycles. The van der Waals surface area contributed by atoms with Crippen molar-refractivity contribution in [3.8, 4) is 0 Å². The maximum Gasteiger partial charge on any atom is 0.220 e. The molecular formula is C89H165NO18. The minimum atomic E-state index is -1.98. The molecule has 19 heteroatoms. The number of hydrogen-bond acceptors (Lipinski definition) is 18. The van der Waals surface area contributed by atoms with Gasteiger partial charge in [0, 0.05) is 6.42 Å². The summed E-state index contributed by atoms with van der Waals surface area (Å²) >= 11 is 0. The van der Waals surface area contributed by atoms with Crippen molar-refractivity contribution in [2.75, 3.05) is 26.4 Å². The third-order valence-electron chi connectivity index (χ3n) is 22.3. The number of hydrogen-bond donors (Lipinski definition) is 12. The van der Waals surface area contributed by atoms with Gasteiger partial charge in [-0.2, -0.15) is 0 Å². The van der Waals surface area contributed by atoms with Gasteiger partial charge in [0.2, 0.25) is 5.91 Å². The first kappa shape index (κ1) is 99.9. The van der Waals surface area contributed by atoms with Gasteiger partial charge in [-0.05, 0) is 70.6 Å². The fourth-order valence-corrected chi connectivity index (χ4v) is 15.2. The van der Waals surface area contributed by atoms with Crippen molar-refractivity contribution in [1.82, 2.24) is 5.32 Å². The highest BCUT2D eigenvalue weighted by Gasteiger charge is 2.54. The van der Waals surface area contributed by atoms with Gasteiger partial charge in [-0.3, -0.25) is 4.79 Å². The zero-order valence-corrected chi connectivity index (χ0v) is 68.3. The summed E-state index contributed by atoms with van der Waals surface area (Å²) in [5.74, 6) is -0.282. The van der Waals surface area contributed by atoms with Crippen LogP contribution in [-0.4, -0.2) is 193 Å². The second-order valence-corrected chi connectivity index (χ2v) is 32.0. The number of ether oxygens (including phenoxy) is 6. The van der Waals surface area contributed by atoms with E-state index in [4.69, 9.17) is 28.4 Å². The SMILES string of the molecule is CCCCCCCCCC/C=C\CCCCCCCCCCCCCCCCCCCCCCCCCCCC(=O)NC(COC1OC(CO)C(OC2OC(CO)C(OC3OC(CO)C(O)C(O)C3O)C(O)C2O)C(O)C1O)C(O)/C=C/CC/C=C/CC/C=C/CCCCCCCCCCCCCCCCCC. The predicted octanol–water partition coefficient (Wildman–Crippen LogP) is 16.8. The van der Waals surface area contributed by atoms with E-state index in [2.05, 4.69) is 55.6 Å². The van der Waals surface area contributed by atoms with Gasteiger partial charge in [0.1, 0.15) is 73.2 Å². The molecule has 0 bridgehead atoms. The minimum absolute atomic E-state index is 0.235. The number of amides is 1. The molecule has 12 N–H and O–H groups in total. The van der Waals surface area contributed by atoms with E-state index < -0.39 is 124 Å². The largest absolute Gasteiger partial charge is 0.394 e. The van der Waals surface area contributed by atoms with Gasteiger partial charge in [-0.15, -0.1) is 0 Å². The second-order valence-electron chi connectivity index (χ2n) is 32.0. The molecule has 3 aliphatic rings. The molecule has 108 heavy (non-hydrogen) atoms. The number of nitrogens with one attached hydrogen (secondary N) is 1. The molecule has 1 amide bonds. The third kappa shape index (κ3) is 47.6. The van der Waals surface area contributed by atoms with Crippen LogP contribution >= 0.6 is 0 Å². The summed E-state index contributed by atoms with van der Waals surface area (Å²) in [6.45, 7) is 1.77. The molecule has 17 atom stereocenters. The number of allylic oxidation sites excluding steroid dienone is 7. The summed E-state index contributed by atoms with van der Waals surface area (Å²) in [5.41, 5.74) is 0.